The van der Waals surface area contributed by atoms with Gasteiger partial charge >= 0.3 is 12.2 Å². The Morgan fingerprint density at radius 2 is 1.55 bits per heavy atom. The number of rotatable bonds is 12. The summed E-state index contributed by atoms with van der Waals surface area (Å²) < 4.78 is 37.9. The average Bonchev–Trinajstić information content (AvgIpc) is 2.94. The van der Waals surface area contributed by atoms with E-state index in [1.807, 2.05) is 30.3 Å². The van der Waals surface area contributed by atoms with Crippen LogP contribution in [0.5, 0.6) is 0 Å². The summed E-state index contributed by atoms with van der Waals surface area (Å²) in [5.74, 6) is -0.495. The summed E-state index contributed by atoms with van der Waals surface area (Å²) in [7, 11) is -2.41. The van der Waals surface area contributed by atoms with Crippen molar-refractivity contribution in [1.82, 2.24) is 15.4 Å². The molecule has 3 aromatic rings. The van der Waals surface area contributed by atoms with Crippen LogP contribution in [0.1, 0.15) is 45.6 Å². The maximum absolute atomic E-state index is 13.4. The van der Waals surface area contributed by atoms with Gasteiger partial charge in [-0.15, -0.1) is 0 Å². The Bertz CT molecular complexity index is 1490. The van der Waals surface area contributed by atoms with Crippen LogP contribution in [0.3, 0.4) is 0 Å². The molecule has 4 N–H and O–H groups in total. The topological polar surface area (TPSA) is 152 Å². The minimum atomic E-state index is -3.74. The predicted octanol–water partition coefficient (Wildman–Crippen LogP) is 4.68. The summed E-state index contributed by atoms with van der Waals surface area (Å²) in [5, 5.41) is 9.10. The fourth-order valence-corrected chi connectivity index (χ4v) is 5.06. The zero-order valence-corrected chi connectivity index (χ0v) is 25.0. The van der Waals surface area contributed by atoms with E-state index in [0.29, 0.717) is 35.8 Å². The zero-order chi connectivity index (χ0) is 30.8. The Morgan fingerprint density at radius 3 is 2.24 bits per heavy atom. The SMILES string of the molecule is CNS(=O)(=O)c1cccc2c(NC(=O)C(CCCCNC(=O)OCc3ccccc3)NC(=O)OC(C)(C)C)cccc12. The molecule has 0 aliphatic heterocycles. The van der Waals surface area contributed by atoms with Crippen LogP contribution in [0, 0.1) is 0 Å². The molecule has 42 heavy (non-hydrogen) atoms. The summed E-state index contributed by atoms with van der Waals surface area (Å²) in [6, 6.07) is 18.1. The number of fused-ring (bicyclic) bond motifs is 1. The third-order valence-electron chi connectivity index (χ3n) is 6.11. The minimum Gasteiger partial charge on any atom is -0.445 e. The Hall–Kier alpha value is -4.16. The molecule has 0 radical (unpaired) electrons. The second kappa shape index (κ2) is 14.6. The van der Waals surface area contributed by atoms with Gasteiger partial charge in [-0.25, -0.2) is 22.7 Å². The lowest BCUT2D eigenvalue weighted by Gasteiger charge is -2.23. The first kappa shape index (κ1) is 32.4. The number of carbonyl (C=O) groups is 3. The molecule has 3 aromatic carbocycles. The van der Waals surface area contributed by atoms with E-state index in [-0.39, 0.29) is 17.9 Å². The molecule has 0 heterocycles. The van der Waals surface area contributed by atoms with Crippen LogP contribution in [-0.2, 0) is 30.9 Å². The lowest BCUT2D eigenvalue weighted by atomic mass is 10.1. The standard InChI is InChI=1S/C30H38N4O7S/c1-30(2,3)41-29(37)34-25(16-8-9-19-32-28(36)40-20-21-12-6-5-7-13-21)27(35)33-24-17-10-15-23-22(24)14-11-18-26(23)42(38,39)31-4/h5-7,10-15,17-18,25,31H,8-9,16,19-20H2,1-4H3,(H,32,36)(H,33,35)(H,34,37). The van der Waals surface area contributed by atoms with Crippen LogP contribution < -0.4 is 20.7 Å². The molecule has 0 fully saturated rings. The van der Waals surface area contributed by atoms with Gasteiger partial charge in [-0.05, 0) is 64.8 Å². The summed E-state index contributed by atoms with van der Waals surface area (Å²) in [6.07, 6.45) is -0.0101. The molecule has 0 aliphatic rings. The van der Waals surface area contributed by atoms with Crippen molar-refractivity contribution in [3.63, 3.8) is 0 Å². The summed E-state index contributed by atoms with van der Waals surface area (Å²) in [4.78, 5) is 38.0. The zero-order valence-electron chi connectivity index (χ0n) is 24.2. The maximum atomic E-state index is 13.4. The highest BCUT2D eigenvalue weighted by atomic mass is 32.2. The molecule has 3 amide bonds. The van der Waals surface area contributed by atoms with Gasteiger partial charge in [-0.2, -0.15) is 0 Å². The lowest BCUT2D eigenvalue weighted by molar-refractivity contribution is -0.118. The van der Waals surface area contributed by atoms with E-state index in [4.69, 9.17) is 9.47 Å². The van der Waals surface area contributed by atoms with Crippen molar-refractivity contribution in [3.8, 4) is 0 Å². The Morgan fingerprint density at radius 1 is 0.857 bits per heavy atom. The smallest absolute Gasteiger partial charge is 0.408 e. The predicted molar refractivity (Wildman–Crippen MR) is 160 cm³/mol. The van der Waals surface area contributed by atoms with Crippen LogP contribution in [0.4, 0.5) is 15.3 Å². The number of hydrogen-bond acceptors (Lipinski definition) is 7. The minimum absolute atomic E-state index is 0.0804. The number of anilines is 1. The number of ether oxygens (including phenoxy) is 2. The largest absolute Gasteiger partial charge is 0.445 e. The molecular formula is C30H38N4O7S. The van der Waals surface area contributed by atoms with E-state index in [1.54, 1.807) is 51.1 Å². The highest BCUT2D eigenvalue weighted by Gasteiger charge is 2.25. The number of nitrogens with one attached hydrogen (secondary N) is 4. The average molecular weight is 599 g/mol. The van der Waals surface area contributed by atoms with Crippen LogP contribution in [-0.4, -0.2) is 51.7 Å². The third kappa shape index (κ3) is 9.74. The van der Waals surface area contributed by atoms with Crippen molar-refractivity contribution in [3.05, 3.63) is 72.3 Å². The van der Waals surface area contributed by atoms with Gasteiger partial charge in [0.15, 0.2) is 0 Å². The molecule has 0 aromatic heterocycles. The number of amides is 3. The van der Waals surface area contributed by atoms with E-state index in [1.165, 1.54) is 13.1 Å². The first-order valence-electron chi connectivity index (χ1n) is 13.6. The molecule has 12 heteroatoms. The Labute approximate surface area is 246 Å². The fourth-order valence-electron chi connectivity index (χ4n) is 4.11. The van der Waals surface area contributed by atoms with E-state index >= 15 is 0 Å². The molecule has 0 aliphatic carbocycles. The van der Waals surface area contributed by atoms with Gasteiger partial charge < -0.3 is 25.4 Å². The second-order valence-corrected chi connectivity index (χ2v) is 12.4. The molecule has 1 unspecified atom stereocenters. The van der Waals surface area contributed by atoms with Crippen molar-refractivity contribution >= 4 is 44.6 Å². The van der Waals surface area contributed by atoms with Crippen LogP contribution in [0.15, 0.2) is 71.6 Å². The van der Waals surface area contributed by atoms with Gasteiger partial charge in [-0.1, -0.05) is 54.6 Å². The van der Waals surface area contributed by atoms with Crippen molar-refractivity contribution in [2.75, 3.05) is 18.9 Å². The van der Waals surface area contributed by atoms with Gasteiger partial charge in [0.05, 0.1) is 4.90 Å². The Balaban J connectivity index is 1.64. The normalized spacial score (nSPS) is 12.3. The summed E-state index contributed by atoms with van der Waals surface area (Å²) >= 11 is 0. The van der Waals surface area contributed by atoms with Crippen molar-refractivity contribution in [2.24, 2.45) is 0 Å². The molecule has 11 nitrogen and oxygen atoms in total. The number of unbranched alkanes of at least 4 members (excludes halogenated alkanes) is 1. The summed E-state index contributed by atoms with van der Waals surface area (Å²) in [6.45, 7) is 5.64. The summed E-state index contributed by atoms with van der Waals surface area (Å²) in [5.41, 5.74) is 0.505. The number of carbonyl (C=O) groups excluding carboxylic acids is 3. The molecule has 0 spiro atoms. The van der Waals surface area contributed by atoms with Crippen LogP contribution >= 0.6 is 0 Å². The molecule has 226 valence electrons. The quantitative estimate of drug-likeness (QED) is 0.221. The second-order valence-electron chi connectivity index (χ2n) is 10.5. The Kier molecular flexibility index (Phi) is 11.3. The third-order valence-corrected chi connectivity index (χ3v) is 7.58. The van der Waals surface area contributed by atoms with E-state index in [2.05, 4.69) is 20.7 Å². The molecule has 0 saturated heterocycles. The van der Waals surface area contributed by atoms with Gasteiger partial charge in [0.1, 0.15) is 18.2 Å². The maximum Gasteiger partial charge on any atom is 0.408 e. The number of benzene rings is 3. The number of hydrogen-bond donors (Lipinski definition) is 4. The molecule has 1 atom stereocenters. The highest BCUT2D eigenvalue weighted by molar-refractivity contribution is 7.89. The highest BCUT2D eigenvalue weighted by Crippen LogP contribution is 2.29. The van der Waals surface area contributed by atoms with Crippen molar-refractivity contribution in [1.29, 1.82) is 0 Å². The van der Waals surface area contributed by atoms with E-state index in [0.717, 1.165) is 5.56 Å². The van der Waals surface area contributed by atoms with Crippen molar-refractivity contribution < 1.29 is 32.3 Å². The number of sulfonamides is 1. The van der Waals surface area contributed by atoms with Crippen molar-refractivity contribution in [2.45, 2.75) is 63.2 Å². The van der Waals surface area contributed by atoms with Crippen LogP contribution in [0.25, 0.3) is 10.8 Å². The number of alkyl carbamates (subject to hydrolysis) is 2. The monoisotopic (exact) mass is 598 g/mol. The fraction of sp³-hybridized carbons (Fsp3) is 0.367. The van der Waals surface area contributed by atoms with Gasteiger partial charge in [0.2, 0.25) is 15.9 Å². The van der Waals surface area contributed by atoms with Gasteiger partial charge in [0.25, 0.3) is 0 Å². The molecular weight excluding hydrogens is 560 g/mol. The molecule has 0 bridgehead atoms. The van der Waals surface area contributed by atoms with E-state index in [9.17, 15) is 22.8 Å². The van der Waals surface area contributed by atoms with E-state index < -0.39 is 39.8 Å². The first-order valence-corrected chi connectivity index (χ1v) is 15.1. The van der Waals surface area contributed by atoms with Crippen LogP contribution in [0.2, 0.25) is 0 Å². The first-order chi connectivity index (χ1) is 19.9. The lowest BCUT2D eigenvalue weighted by Crippen LogP contribution is -2.45. The van der Waals surface area contributed by atoms with Gasteiger partial charge in [0, 0.05) is 23.0 Å². The molecule has 0 saturated carbocycles. The van der Waals surface area contributed by atoms with Gasteiger partial charge in [-0.3, -0.25) is 4.79 Å². The molecule has 3 rings (SSSR count).